The molecule has 0 aromatic heterocycles. The normalized spacial score (nSPS) is 47.3. The van der Waals surface area contributed by atoms with E-state index in [-0.39, 0.29) is 76.7 Å². The second-order valence-corrected chi connectivity index (χ2v) is 14.1. The van der Waals surface area contributed by atoms with Gasteiger partial charge < -0.3 is 28.4 Å². The number of hydrogen-bond acceptors (Lipinski definition) is 9. The summed E-state index contributed by atoms with van der Waals surface area (Å²) in [5.74, 6) is -0.797. The molecule has 5 aliphatic carbocycles. The van der Waals surface area contributed by atoms with E-state index in [1.807, 2.05) is 32.4 Å². The molecule has 0 amide bonds. The average molecular weight is 598 g/mol. The molecule has 1 saturated heterocycles. The number of benzene rings is 1. The molecule has 1 heterocycles. The molecule has 0 N–H and O–H groups in total. The number of methoxy groups -OCH3 is 4. The molecule has 1 aromatic carbocycles. The van der Waals surface area contributed by atoms with Crippen molar-refractivity contribution in [2.45, 2.75) is 75.6 Å². The number of ether oxygens (including phenoxy) is 6. The van der Waals surface area contributed by atoms with E-state index < -0.39 is 11.7 Å². The van der Waals surface area contributed by atoms with Crippen LogP contribution in [0, 0.1) is 40.4 Å². The number of rotatable bonds is 9. The van der Waals surface area contributed by atoms with Crippen molar-refractivity contribution >= 4 is 11.9 Å². The van der Waals surface area contributed by atoms with E-state index in [0.717, 1.165) is 32.4 Å². The smallest absolute Gasteiger partial charge is 0.338 e. The van der Waals surface area contributed by atoms with E-state index in [1.165, 1.54) is 6.92 Å². The van der Waals surface area contributed by atoms with Crippen LogP contribution in [0.5, 0.6) is 0 Å². The third kappa shape index (κ3) is 3.69. The first kappa shape index (κ1) is 29.7. The van der Waals surface area contributed by atoms with Crippen molar-refractivity contribution in [1.82, 2.24) is 4.90 Å². The van der Waals surface area contributed by atoms with Crippen molar-refractivity contribution < 1.29 is 38.0 Å². The molecular weight excluding hydrogens is 550 g/mol. The van der Waals surface area contributed by atoms with Crippen LogP contribution >= 0.6 is 0 Å². The van der Waals surface area contributed by atoms with Crippen molar-refractivity contribution in [3.8, 4) is 0 Å². The number of fused-ring (bicyclic) bond motifs is 2. The second-order valence-electron chi connectivity index (χ2n) is 14.1. The Bertz CT molecular complexity index is 1240. The van der Waals surface area contributed by atoms with Crippen LogP contribution in [0.15, 0.2) is 30.3 Å². The monoisotopic (exact) mass is 597 g/mol. The molecule has 236 valence electrons. The van der Waals surface area contributed by atoms with Crippen molar-refractivity contribution in [3.05, 3.63) is 35.9 Å². The Hall–Kier alpha value is -2.04. The van der Waals surface area contributed by atoms with Gasteiger partial charge in [-0.3, -0.25) is 9.69 Å². The average Bonchev–Trinajstić information content (AvgIpc) is 3.43. The zero-order chi connectivity index (χ0) is 30.3. The Balaban J connectivity index is 1.46. The van der Waals surface area contributed by atoms with E-state index in [9.17, 15) is 9.59 Å². The van der Waals surface area contributed by atoms with Crippen molar-refractivity contribution in [1.29, 1.82) is 0 Å². The van der Waals surface area contributed by atoms with Crippen LogP contribution in [0.25, 0.3) is 0 Å². The minimum absolute atomic E-state index is 0.00405. The minimum atomic E-state index is -0.922. The molecule has 1 aromatic rings. The maximum atomic E-state index is 13.7. The lowest BCUT2D eigenvalue weighted by Gasteiger charge is -2.69. The Morgan fingerprint density at radius 2 is 1.77 bits per heavy atom. The molecule has 9 heteroatoms. The highest BCUT2D eigenvalue weighted by Crippen LogP contribution is 2.80. The molecule has 7 rings (SSSR count). The summed E-state index contributed by atoms with van der Waals surface area (Å²) in [4.78, 5) is 29.5. The molecule has 13 atom stereocenters. The van der Waals surface area contributed by atoms with Gasteiger partial charge in [-0.05, 0) is 43.9 Å². The predicted molar refractivity (Wildman–Crippen MR) is 156 cm³/mol. The third-order valence-corrected chi connectivity index (χ3v) is 12.9. The molecule has 6 fully saturated rings. The van der Waals surface area contributed by atoms with Gasteiger partial charge in [-0.1, -0.05) is 25.1 Å². The highest BCUT2D eigenvalue weighted by Gasteiger charge is 2.88. The molecule has 1 spiro atoms. The summed E-state index contributed by atoms with van der Waals surface area (Å²) in [6.07, 6.45) is 2.42. The molecule has 0 radical (unpaired) electrons. The van der Waals surface area contributed by atoms with Crippen LogP contribution in [0.2, 0.25) is 0 Å². The molecule has 0 unspecified atom stereocenters. The number of nitrogens with zero attached hydrogens (tertiary/aromatic N) is 1. The first-order valence-electron chi connectivity index (χ1n) is 16.0. The molecule has 1 aliphatic heterocycles. The van der Waals surface area contributed by atoms with E-state index in [1.54, 1.807) is 26.4 Å². The zero-order valence-corrected chi connectivity index (χ0v) is 26.3. The van der Waals surface area contributed by atoms with Gasteiger partial charge in [0, 0.05) is 88.9 Å². The van der Waals surface area contributed by atoms with Gasteiger partial charge >= 0.3 is 11.9 Å². The number of esters is 2. The summed E-state index contributed by atoms with van der Waals surface area (Å²) in [6.45, 7) is 6.16. The molecule has 9 nitrogen and oxygen atoms in total. The van der Waals surface area contributed by atoms with Gasteiger partial charge in [-0.15, -0.1) is 0 Å². The zero-order valence-electron chi connectivity index (χ0n) is 26.3. The molecular formula is C34H47NO8. The summed E-state index contributed by atoms with van der Waals surface area (Å²) >= 11 is 0. The van der Waals surface area contributed by atoms with Gasteiger partial charge in [0.15, 0.2) is 0 Å². The summed E-state index contributed by atoms with van der Waals surface area (Å²) in [5, 5.41) is 0. The Morgan fingerprint density at radius 3 is 2.40 bits per heavy atom. The SMILES string of the molecule is CCN1C[C@@]2(COC)CC[C@@H](OC)[C@@]34[C@@H]5C[C@@H]6[C@H](OC(=O)c7ccccc7)[C@@H]5[C@@](OC(C)=O)(C[C@H]6OC)[C@@H]([C@H](OC)[C@H]23)[C@@H]14. The summed E-state index contributed by atoms with van der Waals surface area (Å²) in [6, 6.07) is 9.26. The predicted octanol–water partition coefficient (Wildman–Crippen LogP) is 3.59. The highest BCUT2D eigenvalue weighted by molar-refractivity contribution is 5.89. The summed E-state index contributed by atoms with van der Waals surface area (Å²) < 4.78 is 38.7. The van der Waals surface area contributed by atoms with Crippen LogP contribution in [0.1, 0.15) is 49.9 Å². The van der Waals surface area contributed by atoms with Gasteiger partial charge in [0.1, 0.15) is 11.7 Å². The summed E-state index contributed by atoms with van der Waals surface area (Å²) in [7, 11) is 7.20. The van der Waals surface area contributed by atoms with Crippen LogP contribution in [-0.4, -0.2) is 101 Å². The first-order valence-corrected chi connectivity index (χ1v) is 16.0. The van der Waals surface area contributed by atoms with Gasteiger partial charge in [0.25, 0.3) is 0 Å². The van der Waals surface area contributed by atoms with Gasteiger partial charge in [0.2, 0.25) is 0 Å². The first-order chi connectivity index (χ1) is 20.8. The molecule has 5 saturated carbocycles. The standard InChI is InChI=1S/C34H47NO8/c1-7-35-17-32(18-38-3)14-13-24(40-5)34-22-15-21-23(39-4)16-33(43-19(2)36,26(30(34)35)28(41-6)29(32)34)25(22)27(21)42-31(37)20-11-9-8-10-12-20/h8-12,21-30H,7,13-18H2,1-6H3/t21-,22+,23+,24+,25+,26-,27-,28-,29+,30+,32+,33-,34-/m0/s1. The van der Waals surface area contributed by atoms with Gasteiger partial charge in [0.05, 0.1) is 30.5 Å². The second kappa shape index (κ2) is 10.5. The maximum absolute atomic E-state index is 13.7. The Labute approximate surface area is 254 Å². The van der Waals surface area contributed by atoms with Crippen LogP contribution in [-0.2, 0) is 33.2 Å². The molecule has 6 aliphatic rings. The number of carbonyl (C=O) groups excluding carboxylic acids is 2. The van der Waals surface area contributed by atoms with E-state index in [2.05, 4.69) is 11.8 Å². The van der Waals surface area contributed by atoms with Crippen molar-refractivity contribution in [2.24, 2.45) is 40.4 Å². The fourth-order valence-corrected chi connectivity index (χ4v) is 12.3. The number of piperidine rings is 1. The van der Waals surface area contributed by atoms with E-state index in [4.69, 9.17) is 28.4 Å². The van der Waals surface area contributed by atoms with Crippen molar-refractivity contribution in [2.75, 3.05) is 48.1 Å². The quantitative estimate of drug-likeness (QED) is 0.396. The molecule has 43 heavy (non-hydrogen) atoms. The Kier molecular flexibility index (Phi) is 7.25. The maximum Gasteiger partial charge on any atom is 0.338 e. The van der Waals surface area contributed by atoms with E-state index in [0.29, 0.717) is 18.6 Å². The van der Waals surface area contributed by atoms with E-state index >= 15 is 0 Å². The highest BCUT2D eigenvalue weighted by atomic mass is 16.6. The Morgan fingerprint density at radius 1 is 1.00 bits per heavy atom. The number of carbonyl (C=O) groups is 2. The summed E-state index contributed by atoms with van der Waals surface area (Å²) in [5.41, 5.74) is -0.816. The third-order valence-electron chi connectivity index (χ3n) is 12.9. The lowest BCUT2D eigenvalue weighted by molar-refractivity contribution is -0.280. The fourth-order valence-electron chi connectivity index (χ4n) is 12.3. The molecule has 7 bridgehead atoms. The largest absolute Gasteiger partial charge is 0.458 e. The minimum Gasteiger partial charge on any atom is -0.458 e. The van der Waals surface area contributed by atoms with Gasteiger partial charge in [-0.2, -0.15) is 0 Å². The van der Waals surface area contributed by atoms with Crippen LogP contribution in [0.4, 0.5) is 0 Å². The van der Waals surface area contributed by atoms with Crippen LogP contribution in [0.3, 0.4) is 0 Å². The number of hydrogen-bond donors (Lipinski definition) is 0. The van der Waals surface area contributed by atoms with Crippen molar-refractivity contribution in [3.63, 3.8) is 0 Å². The van der Waals surface area contributed by atoms with Crippen LogP contribution < -0.4 is 0 Å². The van der Waals surface area contributed by atoms with Gasteiger partial charge in [-0.25, -0.2) is 4.79 Å². The lowest BCUT2D eigenvalue weighted by atomic mass is 9.43. The number of likely N-dealkylation sites (tertiary alicyclic amines) is 1. The topological polar surface area (TPSA) is 92.8 Å². The fraction of sp³-hybridized carbons (Fsp3) is 0.765. The lowest BCUT2D eigenvalue weighted by Crippen LogP contribution is -2.77.